The van der Waals surface area contributed by atoms with Crippen molar-refractivity contribution in [1.82, 2.24) is 20.3 Å². The summed E-state index contributed by atoms with van der Waals surface area (Å²) in [4.78, 5) is 0. The van der Waals surface area contributed by atoms with Crippen LogP contribution in [0.15, 0.2) is 42.5 Å². The first kappa shape index (κ1) is 19.0. The van der Waals surface area contributed by atoms with E-state index >= 15 is 0 Å². The molecule has 0 spiro atoms. The first-order valence-corrected chi connectivity index (χ1v) is 9.34. The highest BCUT2D eigenvalue weighted by Crippen LogP contribution is 2.38. The van der Waals surface area contributed by atoms with Crippen LogP contribution in [0.25, 0.3) is 16.6 Å². The lowest BCUT2D eigenvalue weighted by Gasteiger charge is -2.20. The van der Waals surface area contributed by atoms with Crippen molar-refractivity contribution in [2.45, 2.75) is 25.6 Å². The van der Waals surface area contributed by atoms with Crippen molar-refractivity contribution in [2.75, 3.05) is 13.1 Å². The highest BCUT2D eigenvalue weighted by atomic mass is 35.5. The van der Waals surface area contributed by atoms with E-state index in [1.807, 2.05) is 18.2 Å². The second-order valence-electron chi connectivity index (χ2n) is 6.83. The van der Waals surface area contributed by atoms with Crippen LogP contribution in [0.4, 0.5) is 13.2 Å². The molecule has 1 aliphatic heterocycles. The van der Waals surface area contributed by atoms with Crippen LogP contribution in [0, 0.1) is 0 Å². The van der Waals surface area contributed by atoms with Crippen LogP contribution in [0.1, 0.15) is 36.1 Å². The number of hydrogen-bond donors (Lipinski definition) is 1. The molecule has 1 N–H and O–H groups in total. The molecule has 0 saturated carbocycles. The Labute approximate surface area is 165 Å². The maximum atomic E-state index is 13.5. The number of benzene rings is 2. The van der Waals surface area contributed by atoms with Gasteiger partial charge >= 0.3 is 6.18 Å². The van der Waals surface area contributed by atoms with Gasteiger partial charge in [-0.1, -0.05) is 35.0 Å². The number of nitrogens with one attached hydrogen (secondary N) is 1. The monoisotopic (exact) mass is 406 g/mol. The van der Waals surface area contributed by atoms with Crippen molar-refractivity contribution in [3.63, 3.8) is 0 Å². The second kappa shape index (κ2) is 7.22. The van der Waals surface area contributed by atoms with Gasteiger partial charge in [0.25, 0.3) is 0 Å². The summed E-state index contributed by atoms with van der Waals surface area (Å²) in [5.41, 5.74) is 2.95. The van der Waals surface area contributed by atoms with Gasteiger partial charge in [-0.25, -0.2) is 4.68 Å². The predicted molar refractivity (Wildman–Crippen MR) is 103 cm³/mol. The molecule has 1 unspecified atom stereocenters. The molecule has 0 fully saturated rings. The van der Waals surface area contributed by atoms with Crippen LogP contribution in [0.3, 0.4) is 0 Å². The molecule has 1 atom stereocenters. The predicted octanol–water partition coefficient (Wildman–Crippen LogP) is 5.09. The third-order valence-corrected chi connectivity index (χ3v) is 5.28. The fourth-order valence-electron chi connectivity index (χ4n) is 3.58. The van der Waals surface area contributed by atoms with Crippen LogP contribution < -0.4 is 5.32 Å². The van der Waals surface area contributed by atoms with E-state index in [0.717, 1.165) is 31.1 Å². The Balaban J connectivity index is 1.80. The molecule has 0 radical (unpaired) electrons. The summed E-state index contributed by atoms with van der Waals surface area (Å²) < 4.78 is 42.1. The molecule has 4 rings (SSSR count). The minimum atomic E-state index is -4.50. The largest absolute Gasteiger partial charge is 0.416 e. The van der Waals surface area contributed by atoms with E-state index in [-0.39, 0.29) is 10.6 Å². The first-order valence-electron chi connectivity index (χ1n) is 8.96. The molecular weight excluding hydrogens is 389 g/mol. The molecule has 1 aliphatic rings. The number of halogens is 4. The van der Waals surface area contributed by atoms with Gasteiger partial charge in [0.1, 0.15) is 5.52 Å². The lowest BCUT2D eigenvalue weighted by molar-refractivity contribution is -0.138. The van der Waals surface area contributed by atoms with Gasteiger partial charge in [-0.15, -0.1) is 5.10 Å². The zero-order chi connectivity index (χ0) is 19.9. The summed E-state index contributed by atoms with van der Waals surface area (Å²) >= 11 is 5.81. The lowest BCUT2D eigenvalue weighted by Crippen LogP contribution is -2.20. The number of rotatable bonds is 3. The number of hydrogen-bond acceptors (Lipinski definition) is 3. The maximum absolute atomic E-state index is 13.5. The minimum Gasteiger partial charge on any atom is -0.313 e. The quantitative estimate of drug-likeness (QED) is 0.658. The molecule has 8 heteroatoms. The van der Waals surface area contributed by atoms with E-state index in [4.69, 9.17) is 11.6 Å². The number of alkyl halides is 3. The zero-order valence-corrected chi connectivity index (χ0v) is 15.8. The number of fused-ring (bicyclic) bond motifs is 1. The number of aromatic nitrogens is 3. The van der Waals surface area contributed by atoms with Gasteiger partial charge in [-0.05, 0) is 60.9 Å². The normalized spacial score (nSPS) is 16.2. The standard InChI is InChI=1S/C20H18ClF3N4/c1-12(16-4-3-15(21)11-17(16)20(22,23)24)28-19-10-14(2-5-18(19)26-27-28)13-6-8-25-9-7-13/h2-6,10-12,25H,7-9H2,1H3. The Morgan fingerprint density at radius 1 is 1.18 bits per heavy atom. The summed E-state index contributed by atoms with van der Waals surface area (Å²) in [7, 11) is 0. The summed E-state index contributed by atoms with van der Waals surface area (Å²) in [6.45, 7) is 3.39. The lowest BCUT2D eigenvalue weighted by atomic mass is 9.99. The van der Waals surface area contributed by atoms with Gasteiger partial charge < -0.3 is 5.32 Å². The van der Waals surface area contributed by atoms with Gasteiger partial charge in [-0.3, -0.25) is 0 Å². The van der Waals surface area contributed by atoms with Crippen LogP contribution in [-0.2, 0) is 6.18 Å². The zero-order valence-electron chi connectivity index (χ0n) is 15.1. The van der Waals surface area contributed by atoms with Gasteiger partial charge in [0.2, 0.25) is 0 Å². The summed E-state index contributed by atoms with van der Waals surface area (Å²) in [6.07, 6.45) is -1.48. The van der Waals surface area contributed by atoms with E-state index in [2.05, 4.69) is 21.7 Å². The average molecular weight is 407 g/mol. The fraction of sp³-hybridized carbons (Fsp3) is 0.300. The van der Waals surface area contributed by atoms with Crippen molar-refractivity contribution in [1.29, 1.82) is 0 Å². The average Bonchev–Trinajstić information content (AvgIpc) is 3.10. The van der Waals surface area contributed by atoms with Gasteiger partial charge in [-0.2, -0.15) is 13.2 Å². The van der Waals surface area contributed by atoms with Crippen LogP contribution in [0.5, 0.6) is 0 Å². The highest BCUT2D eigenvalue weighted by Gasteiger charge is 2.35. The Bertz CT molecular complexity index is 1060. The van der Waals surface area contributed by atoms with E-state index in [1.165, 1.54) is 17.7 Å². The van der Waals surface area contributed by atoms with Gasteiger partial charge in [0, 0.05) is 11.6 Å². The third-order valence-electron chi connectivity index (χ3n) is 5.04. The molecule has 4 nitrogen and oxygen atoms in total. The van der Waals surface area contributed by atoms with E-state index in [9.17, 15) is 13.2 Å². The van der Waals surface area contributed by atoms with Crippen molar-refractivity contribution in [2.24, 2.45) is 0 Å². The van der Waals surface area contributed by atoms with Gasteiger partial charge in [0.05, 0.1) is 17.1 Å². The smallest absolute Gasteiger partial charge is 0.313 e. The summed E-state index contributed by atoms with van der Waals surface area (Å²) in [5, 5.41) is 11.6. The maximum Gasteiger partial charge on any atom is 0.416 e. The van der Waals surface area contributed by atoms with Crippen molar-refractivity contribution < 1.29 is 13.2 Å². The molecule has 0 bridgehead atoms. The van der Waals surface area contributed by atoms with E-state index < -0.39 is 17.8 Å². The Morgan fingerprint density at radius 2 is 2.00 bits per heavy atom. The van der Waals surface area contributed by atoms with E-state index in [0.29, 0.717) is 11.0 Å². The Kier molecular flexibility index (Phi) is 4.89. The molecule has 1 aromatic heterocycles. The molecule has 3 aromatic rings. The molecule has 146 valence electrons. The third kappa shape index (κ3) is 3.52. The van der Waals surface area contributed by atoms with Crippen molar-refractivity contribution >= 4 is 28.2 Å². The molecular formula is C20H18ClF3N4. The highest BCUT2D eigenvalue weighted by molar-refractivity contribution is 6.30. The molecule has 0 saturated heterocycles. The van der Waals surface area contributed by atoms with Crippen LogP contribution in [0.2, 0.25) is 5.02 Å². The van der Waals surface area contributed by atoms with Crippen LogP contribution in [-0.4, -0.2) is 28.1 Å². The van der Waals surface area contributed by atoms with Crippen molar-refractivity contribution in [3.05, 3.63) is 64.2 Å². The molecule has 2 heterocycles. The molecule has 28 heavy (non-hydrogen) atoms. The van der Waals surface area contributed by atoms with Crippen molar-refractivity contribution in [3.8, 4) is 0 Å². The second-order valence-corrected chi connectivity index (χ2v) is 7.26. The summed E-state index contributed by atoms with van der Waals surface area (Å²) in [6, 6.07) is 8.96. The molecule has 2 aromatic carbocycles. The van der Waals surface area contributed by atoms with Crippen LogP contribution >= 0.6 is 11.6 Å². The molecule has 0 aliphatic carbocycles. The minimum absolute atomic E-state index is 0.0480. The summed E-state index contributed by atoms with van der Waals surface area (Å²) in [5.74, 6) is 0. The Hall–Kier alpha value is -2.38. The van der Waals surface area contributed by atoms with E-state index in [1.54, 1.807) is 11.6 Å². The topological polar surface area (TPSA) is 42.7 Å². The first-order chi connectivity index (χ1) is 13.3. The van der Waals surface area contributed by atoms with Gasteiger partial charge in [0.15, 0.2) is 0 Å². The number of nitrogens with zero attached hydrogens (tertiary/aromatic N) is 3. The Morgan fingerprint density at radius 3 is 2.71 bits per heavy atom. The fourth-order valence-corrected chi connectivity index (χ4v) is 3.75. The SMILES string of the molecule is CC(c1ccc(Cl)cc1C(F)(F)F)n1nnc2ccc(C3=CCNCC3)cc21. The molecule has 0 amide bonds.